The molecule has 1 amide bonds. The molecule has 1 aromatic rings. The van der Waals surface area contributed by atoms with E-state index in [1.54, 1.807) is 0 Å². The Kier molecular flexibility index (Phi) is 4.02. The highest BCUT2D eigenvalue weighted by Gasteiger charge is 2.63. The number of nitrogens with one attached hydrogen (secondary N) is 1. The number of carboxylic acids is 1. The highest BCUT2D eigenvalue weighted by Crippen LogP contribution is 2.40. The fourth-order valence-corrected chi connectivity index (χ4v) is 1.64. The summed E-state index contributed by atoms with van der Waals surface area (Å²) in [5, 5.41) is 10.1. The van der Waals surface area contributed by atoms with Crippen LogP contribution in [0.4, 0.5) is 22.0 Å². The van der Waals surface area contributed by atoms with Crippen molar-refractivity contribution in [2.75, 3.05) is 0 Å². The molecule has 0 aliphatic carbocycles. The fraction of sp³-hybridized carbons (Fsp3) is 0.273. The summed E-state index contributed by atoms with van der Waals surface area (Å²) in [6.45, 7) is 0.652. The van der Waals surface area contributed by atoms with E-state index in [0.29, 0.717) is 6.92 Å². The Bertz CT molecular complexity index is 537. The molecule has 0 saturated heterocycles. The molecule has 0 spiro atoms. The van der Waals surface area contributed by atoms with Crippen molar-refractivity contribution < 1.29 is 36.6 Å². The topological polar surface area (TPSA) is 66.4 Å². The van der Waals surface area contributed by atoms with Crippen LogP contribution in [0, 0.1) is 11.6 Å². The third-order valence-electron chi connectivity index (χ3n) is 2.41. The second-order valence-electron chi connectivity index (χ2n) is 3.89. The third kappa shape index (κ3) is 2.70. The molecule has 110 valence electrons. The van der Waals surface area contributed by atoms with Crippen molar-refractivity contribution >= 4 is 11.9 Å². The number of carbonyl (C=O) groups is 2. The number of halogens is 5. The van der Waals surface area contributed by atoms with Gasteiger partial charge in [-0.2, -0.15) is 13.2 Å². The van der Waals surface area contributed by atoms with Crippen LogP contribution in [0.1, 0.15) is 12.5 Å². The van der Waals surface area contributed by atoms with Gasteiger partial charge >= 0.3 is 12.1 Å². The highest BCUT2D eigenvalue weighted by atomic mass is 19.4. The van der Waals surface area contributed by atoms with Crippen LogP contribution in [0.5, 0.6) is 0 Å². The summed E-state index contributed by atoms with van der Waals surface area (Å²) in [4.78, 5) is 21.9. The molecule has 0 fully saturated rings. The van der Waals surface area contributed by atoms with E-state index in [4.69, 9.17) is 5.11 Å². The van der Waals surface area contributed by atoms with Crippen LogP contribution >= 0.6 is 0 Å². The number of amides is 1. The van der Waals surface area contributed by atoms with Crippen molar-refractivity contribution in [1.29, 1.82) is 0 Å². The van der Waals surface area contributed by atoms with Crippen molar-refractivity contribution in [1.82, 2.24) is 5.32 Å². The first-order chi connectivity index (χ1) is 9.00. The van der Waals surface area contributed by atoms with Crippen LogP contribution in [-0.2, 0) is 15.1 Å². The summed E-state index contributed by atoms with van der Waals surface area (Å²) in [5.41, 5.74) is -5.20. The molecular weight excluding hydrogens is 289 g/mol. The van der Waals surface area contributed by atoms with E-state index >= 15 is 0 Å². The van der Waals surface area contributed by atoms with Crippen LogP contribution in [-0.4, -0.2) is 23.2 Å². The smallest absolute Gasteiger partial charge is 0.426 e. The van der Waals surface area contributed by atoms with Gasteiger partial charge < -0.3 is 10.4 Å². The predicted octanol–water partition coefficient (Wildman–Crippen LogP) is 1.94. The van der Waals surface area contributed by atoms with E-state index < -0.39 is 40.8 Å². The van der Waals surface area contributed by atoms with E-state index in [2.05, 4.69) is 0 Å². The van der Waals surface area contributed by atoms with Crippen LogP contribution in [0.2, 0.25) is 0 Å². The average molecular weight is 297 g/mol. The van der Waals surface area contributed by atoms with Crippen molar-refractivity contribution in [3.63, 3.8) is 0 Å². The minimum atomic E-state index is -5.51. The van der Waals surface area contributed by atoms with E-state index in [1.807, 2.05) is 0 Å². The average Bonchev–Trinajstić information content (AvgIpc) is 2.21. The van der Waals surface area contributed by atoms with Crippen LogP contribution < -0.4 is 5.32 Å². The number of rotatable bonds is 3. The molecule has 0 bridgehead atoms. The number of aliphatic carboxylic acids is 1. The maximum Gasteiger partial charge on any atom is 0.426 e. The lowest BCUT2D eigenvalue weighted by Crippen LogP contribution is -2.61. The summed E-state index contributed by atoms with van der Waals surface area (Å²) in [6.07, 6.45) is -5.51. The Morgan fingerprint density at radius 1 is 1.10 bits per heavy atom. The largest absolute Gasteiger partial charge is 0.479 e. The Hall–Kier alpha value is -2.19. The zero-order valence-electron chi connectivity index (χ0n) is 9.89. The van der Waals surface area contributed by atoms with E-state index in [9.17, 15) is 31.5 Å². The second kappa shape index (κ2) is 5.06. The predicted molar refractivity (Wildman–Crippen MR) is 55.5 cm³/mol. The molecule has 0 aliphatic heterocycles. The summed E-state index contributed by atoms with van der Waals surface area (Å²) < 4.78 is 65.4. The molecule has 0 radical (unpaired) electrons. The number of alkyl halides is 3. The highest BCUT2D eigenvalue weighted by molar-refractivity contribution is 5.88. The first-order valence-corrected chi connectivity index (χ1v) is 5.06. The summed E-state index contributed by atoms with van der Waals surface area (Å²) in [5.74, 6) is -6.64. The SMILES string of the molecule is CC(=O)NC(C(=O)O)(c1cc(F)cc(F)c1)C(F)(F)F. The van der Waals surface area contributed by atoms with Gasteiger partial charge in [0.1, 0.15) is 11.6 Å². The number of carbonyl (C=O) groups excluding carboxylic acids is 1. The van der Waals surface area contributed by atoms with Gasteiger partial charge in [0, 0.05) is 18.6 Å². The fourth-order valence-electron chi connectivity index (χ4n) is 1.64. The maximum absolute atomic E-state index is 13.1. The van der Waals surface area contributed by atoms with Crippen LogP contribution in [0.25, 0.3) is 0 Å². The van der Waals surface area contributed by atoms with E-state index in [1.165, 1.54) is 5.32 Å². The van der Waals surface area contributed by atoms with Gasteiger partial charge in [-0.25, -0.2) is 13.6 Å². The normalized spacial score (nSPS) is 14.5. The second-order valence-corrected chi connectivity index (χ2v) is 3.89. The van der Waals surface area contributed by atoms with Gasteiger partial charge in [0.05, 0.1) is 0 Å². The van der Waals surface area contributed by atoms with Gasteiger partial charge in [-0.15, -0.1) is 0 Å². The summed E-state index contributed by atoms with van der Waals surface area (Å²) in [6, 6.07) is 0.668. The number of carboxylic acid groups (broad SMARTS) is 1. The van der Waals surface area contributed by atoms with Crippen LogP contribution in [0.3, 0.4) is 0 Å². The zero-order chi connectivity index (χ0) is 15.7. The summed E-state index contributed by atoms with van der Waals surface area (Å²) >= 11 is 0. The number of hydrogen-bond acceptors (Lipinski definition) is 2. The molecule has 4 nitrogen and oxygen atoms in total. The quantitative estimate of drug-likeness (QED) is 0.838. The van der Waals surface area contributed by atoms with Crippen molar-refractivity contribution in [2.24, 2.45) is 0 Å². The molecule has 0 saturated carbocycles. The van der Waals surface area contributed by atoms with Gasteiger partial charge in [0.2, 0.25) is 5.91 Å². The Balaban J connectivity index is 3.66. The van der Waals surface area contributed by atoms with Gasteiger partial charge in [-0.3, -0.25) is 4.79 Å². The van der Waals surface area contributed by atoms with Crippen molar-refractivity contribution in [2.45, 2.75) is 18.6 Å². The molecule has 2 N–H and O–H groups in total. The Morgan fingerprint density at radius 2 is 1.55 bits per heavy atom. The molecule has 1 unspecified atom stereocenters. The lowest BCUT2D eigenvalue weighted by atomic mass is 9.88. The first kappa shape index (κ1) is 15.9. The molecule has 9 heteroatoms. The first-order valence-electron chi connectivity index (χ1n) is 5.06. The Labute approximate surface area is 109 Å². The molecule has 0 aromatic heterocycles. The molecule has 1 atom stereocenters. The van der Waals surface area contributed by atoms with Gasteiger partial charge in [-0.05, 0) is 12.1 Å². The lowest BCUT2D eigenvalue weighted by Gasteiger charge is -2.32. The van der Waals surface area contributed by atoms with E-state index in [-0.39, 0.29) is 18.2 Å². The van der Waals surface area contributed by atoms with E-state index in [0.717, 1.165) is 0 Å². The van der Waals surface area contributed by atoms with Gasteiger partial charge in [-0.1, -0.05) is 0 Å². The molecule has 0 heterocycles. The molecular formula is C11H8F5NO3. The van der Waals surface area contributed by atoms with Gasteiger partial charge in [0.25, 0.3) is 5.54 Å². The molecule has 0 aliphatic rings. The molecule has 1 aromatic carbocycles. The maximum atomic E-state index is 13.1. The zero-order valence-corrected chi connectivity index (χ0v) is 9.89. The summed E-state index contributed by atoms with van der Waals surface area (Å²) in [7, 11) is 0. The lowest BCUT2D eigenvalue weighted by molar-refractivity contribution is -0.214. The minimum Gasteiger partial charge on any atom is -0.479 e. The standard InChI is InChI=1S/C11H8F5NO3/c1-5(18)17-10(9(19)20,11(14,15)16)6-2-7(12)4-8(13)3-6/h2-4H,1H3,(H,17,18)(H,19,20). The number of benzene rings is 1. The molecule has 1 rings (SSSR count). The Morgan fingerprint density at radius 3 is 1.85 bits per heavy atom. The monoisotopic (exact) mass is 297 g/mol. The van der Waals surface area contributed by atoms with Crippen molar-refractivity contribution in [3.05, 3.63) is 35.4 Å². The number of hydrogen-bond donors (Lipinski definition) is 2. The third-order valence-corrected chi connectivity index (χ3v) is 2.41. The molecule has 20 heavy (non-hydrogen) atoms. The van der Waals surface area contributed by atoms with Crippen LogP contribution in [0.15, 0.2) is 18.2 Å². The van der Waals surface area contributed by atoms with Gasteiger partial charge in [0.15, 0.2) is 0 Å². The minimum absolute atomic E-state index is 0.195. The van der Waals surface area contributed by atoms with Crippen molar-refractivity contribution in [3.8, 4) is 0 Å².